The van der Waals surface area contributed by atoms with Gasteiger partial charge in [0, 0.05) is 56.8 Å². The van der Waals surface area contributed by atoms with Crippen molar-refractivity contribution in [1.82, 2.24) is 9.80 Å². The molecule has 0 heterocycles. The number of hydrogen-bond acceptors (Lipinski definition) is 8. The molecule has 0 bridgehead atoms. The van der Waals surface area contributed by atoms with E-state index in [9.17, 15) is 0 Å². The molecule has 8 nitrogen and oxygen atoms in total. The van der Waals surface area contributed by atoms with E-state index in [1.165, 1.54) is 0 Å². The van der Waals surface area contributed by atoms with Gasteiger partial charge in [-0.2, -0.15) is 0 Å². The number of rotatable bonds is 12. The van der Waals surface area contributed by atoms with E-state index in [2.05, 4.69) is 0 Å². The maximum atomic E-state index is 5.83. The smallest absolute Gasteiger partial charge is 0.283 e. The van der Waals surface area contributed by atoms with E-state index in [0.29, 0.717) is 0 Å². The summed E-state index contributed by atoms with van der Waals surface area (Å²) in [6, 6.07) is 0. The van der Waals surface area contributed by atoms with E-state index in [-0.39, 0.29) is 0 Å². The number of hydrogen-bond donors (Lipinski definition) is 0. The summed E-state index contributed by atoms with van der Waals surface area (Å²) in [5.41, 5.74) is 0. The molecule has 0 fully saturated rings. The van der Waals surface area contributed by atoms with Gasteiger partial charge in [0.2, 0.25) is 0 Å². The van der Waals surface area contributed by atoms with E-state index in [1.807, 2.05) is 45.8 Å². The minimum absolute atomic E-state index is 0.494. The molecule has 0 radical (unpaired) electrons. The molecule has 0 saturated heterocycles. The van der Waals surface area contributed by atoms with Crippen LogP contribution in [0.3, 0.4) is 0 Å². The lowest BCUT2D eigenvalue weighted by molar-refractivity contribution is -0.437. The van der Waals surface area contributed by atoms with Crippen molar-refractivity contribution >= 4 is 0 Å². The minimum Gasteiger partial charge on any atom is -0.374 e. The summed E-state index contributed by atoms with van der Waals surface area (Å²) in [5.74, 6) is -1.96. The molecule has 25 heavy (non-hydrogen) atoms. The molecular weight excluding hydrogens is 328 g/mol. The average Bonchev–Trinajstić information content (AvgIpc) is 2.63. The second-order valence-electron chi connectivity index (χ2n) is 5.71. The van der Waals surface area contributed by atoms with Gasteiger partial charge in [-0.3, -0.25) is 0 Å². The SMILES string of the molecule is CC=C(N(C)C)N(C(OC)(OC)C(C)OC)C(OC)(OC)C(C)OC. The van der Waals surface area contributed by atoms with Crippen LogP contribution in [-0.4, -0.2) is 90.6 Å². The fourth-order valence-corrected chi connectivity index (χ4v) is 2.98. The van der Waals surface area contributed by atoms with Crippen LogP contribution in [0.5, 0.6) is 0 Å². The van der Waals surface area contributed by atoms with Crippen molar-refractivity contribution in [3.8, 4) is 0 Å². The zero-order valence-corrected chi connectivity index (χ0v) is 17.6. The van der Waals surface area contributed by atoms with Gasteiger partial charge in [-0.25, -0.2) is 4.90 Å². The van der Waals surface area contributed by atoms with Crippen molar-refractivity contribution in [1.29, 1.82) is 0 Å². The summed E-state index contributed by atoms with van der Waals surface area (Å²) in [6.45, 7) is 5.59. The van der Waals surface area contributed by atoms with Crippen LogP contribution in [0.2, 0.25) is 0 Å². The summed E-state index contributed by atoms with van der Waals surface area (Å²) in [4.78, 5) is 3.66. The topological polar surface area (TPSA) is 61.9 Å². The Labute approximate surface area is 152 Å². The zero-order chi connectivity index (χ0) is 19.8. The Balaban J connectivity index is 6.82. The van der Waals surface area contributed by atoms with Gasteiger partial charge in [0.05, 0.1) is 0 Å². The first-order valence-electron chi connectivity index (χ1n) is 8.12. The maximum Gasteiger partial charge on any atom is 0.283 e. The van der Waals surface area contributed by atoms with Crippen LogP contribution >= 0.6 is 0 Å². The fraction of sp³-hybridized carbons (Fsp3) is 0.882. The zero-order valence-electron chi connectivity index (χ0n) is 17.6. The summed E-state index contributed by atoms with van der Waals surface area (Å²) in [5, 5.41) is 0. The highest BCUT2D eigenvalue weighted by atomic mass is 16.8. The normalized spacial score (nSPS) is 15.9. The maximum absolute atomic E-state index is 5.83. The van der Waals surface area contributed by atoms with Gasteiger partial charge in [0.1, 0.15) is 18.0 Å². The molecule has 0 saturated carbocycles. The second kappa shape index (κ2) is 10.3. The summed E-state index contributed by atoms with van der Waals surface area (Å²) < 4.78 is 34.5. The first kappa shape index (κ1) is 24.1. The van der Waals surface area contributed by atoms with Gasteiger partial charge in [-0.05, 0) is 26.8 Å². The van der Waals surface area contributed by atoms with Crippen LogP contribution < -0.4 is 0 Å². The Bertz CT molecular complexity index is 382. The van der Waals surface area contributed by atoms with Gasteiger partial charge in [-0.1, -0.05) is 0 Å². The Morgan fingerprint density at radius 1 is 0.760 bits per heavy atom. The van der Waals surface area contributed by atoms with Crippen LogP contribution in [-0.2, 0) is 28.4 Å². The summed E-state index contributed by atoms with van der Waals surface area (Å²) in [6.07, 6.45) is 0.918. The van der Waals surface area contributed by atoms with Crippen molar-refractivity contribution in [2.45, 2.75) is 44.8 Å². The van der Waals surface area contributed by atoms with E-state index in [0.717, 1.165) is 5.82 Å². The highest BCUT2D eigenvalue weighted by Crippen LogP contribution is 2.39. The Morgan fingerprint density at radius 2 is 1.08 bits per heavy atom. The molecule has 0 aliphatic rings. The molecule has 0 amide bonds. The van der Waals surface area contributed by atoms with Crippen molar-refractivity contribution in [2.24, 2.45) is 0 Å². The molecule has 150 valence electrons. The number of methoxy groups -OCH3 is 6. The molecule has 0 aromatic carbocycles. The first-order valence-corrected chi connectivity index (χ1v) is 8.12. The fourth-order valence-electron chi connectivity index (χ4n) is 2.98. The third kappa shape index (κ3) is 4.27. The van der Waals surface area contributed by atoms with Crippen LogP contribution in [0.25, 0.3) is 0 Å². The Morgan fingerprint density at radius 3 is 1.24 bits per heavy atom. The average molecular weight is 364 g/mol. The predicted octanol–water partition coefficient (Wildman–Crippen LogP) is 1.67. The largest absolute Gasteiger partial charge is 0.374 e. The molecule has 0 aromatic rings. The number of nitrogens with zero attached hydrogens (tertiary/aromatic N) is 2. The van der Waals surface area contributed by atoms with Gasteiger partial charge >= 0.3 is 0 Å². The van der Waals surface area contributed by atoms with Crippen molar-refractivity contribution in [3.63, 3.8) is 0 Å². The highest BCUT2D eigenvalue weighted by molar-refractivity contribution is 5.06. The molecule has 0 spiro atoms. The van der Waals surface area contributed by atoms with Crippen molar-refractivity contribution < 1.29 is 28.4 Å². The number of allylic oxidation sites excluding steroid dienone is 1. The quantitative estimate of drug-likeness (QED) is 0.485. The summed E-state index contributed by atoms with van der Waals surface area (Å²) >= 11 is 0. The Hall–Kier alpha value is -0.900. The molecule has 2 unspecified atom stereocenters. The lowest BCUT2D eigenvalue weighted by Crippen LogP contribution is -2.72. The second-order valence-corrected chi connectivity index (χ2v) is 5.71. The lowest BCUT2D eigenvalue weighted by atomic mass is 10.1. The van der Waals surface area contributed by atoms with Gasteiger partial charge in [0.25, 0.3) is 11.8 Å². The van der Waals surface area contributed by atoms with Crippen molar-refractivity contribution in [3.05, 3.63) is 11.9 Å². The third-order valence-electron chi connectivity index (χ3n) is 4.47. The summed E-state index contributed by atoms with van der Waals surface area (Å²) in [7, 11) is 13.2. The molecule has 0 N–H and O–H groups in total. The number of ether oxygens (including phenoxy) is 6. The van der Waals surface area contributed by atoms with E-state index >= 15 is 0 Å². The highest BCUT2D eigenvalue weighted by Gasteiger charge is 2.58. The van der Waals surface area contributed by atoms with E-state index in [1.54, 1.807) is 47.6 Å². The first-order chi connectivity index (χ1) is 11.7. The van der Waals surface area contributed by atoms with Gasteiger partial charge in [0.15, 0.2) is 0 Å². The minimum atomic E-state index is -1.35. The lowest BCUT2D eigenvalue weighted by Gasteiger charge is -2.55. The molecule has 0 aliphatic carbocycles. The van der Waals surface area contributed by atoms with Crippen LogP contribution in [0, 0.1) is 0 Å². The molecule has 0 aliphatic heterocycles. The standard InChI is InChI=1S/C17H36N2O6/c1-12-15(18(4)5)19(16(22-8,23-9)13(2)20-6)17(24-10,25-11)14(3)21-7/h12-14H,1-11H3. The molecule has 2 atom stereocenters. The van der Waals surface area contributed by atoms with Gasteiger partial charge in [-0.15, -0.1) is 0 Å². The van der Waals surface area contributed by atoms with E-state index in [4.69, 9.17) is 28.4 Å². The Kier molecular flexibility index (Phi) is 9.93. The molecule has 0 aromatic heterocycles. The molecular formula is C17H36N2O6. The van der Waals surface area contributed by atoms with E-state index < -0.39 is 24.0 Å². The predicted molar refractivity (Wildman–Crippen MR) is 95.7 cm³/mol. The monoisotopic (exact) mass is 364 g/mol. The van der Waals surface area contributed by atoms with Crippen LogP contribution in [0.15, 0.2) is 11.9 Å². The molecule has 8 heteroatoms. The third-order valence-corrected chi connectivity index (χ3v) is 4.47. The molecule has 0 rings (SSSR count). The van der Waals surface area contributed by atoms with Crippen molar-refractivity contribution in [2.75, 3.05) is 56.8 Å². The van der Waals surface area contributed by atoms with Gasteiger partial charge < -0.3 is 33.3 Å². The van der Waals surface area contributed by atoms with Crippen LogP contribution in [0.1, 0.15) is 20.8 Å². The van der Waals surface area contributed by atoms with Crippen LogP contribution in [0.4, 0.5) is 0 Å².